The van der Waals surface area contributed by atoms with Gasteiger partial charge in [0.2, 0.25) is 5.95 Å². The van der Waals surface area contributed by atoms with E-state index in [1.54, 1.807) is 6.07 Å². The minimum Gasteiger partial charge on any atom is -0.382 e. The second-order valence-corrected chi connectivity index (χ2v) is 6.72. The Hall–Kier alpha value is -2.37. The molecule has 8 heteroatoms. The second-order valence-electron chi connectivity index (χ2n) is 5.49. The number of anilines is 2. The quantitative estimate of drug-likeness (QED) is 0.875. The van der Waals surface area contributed by atoms with E-state index in [2.05, 4.69) is 14.9 Å². The first-order valence-corrected chi connectivity index (χ1v) is 8.66. The van der Waals surface area contributed by atoms with Crippen LogP contribution in [0.4, 0.5) is 16.2 Å². The number of thioether (sulfide) groups is 1. The summed E-state index contributed by atoms with van der Waals surface area (Å²) in [4.78, 5) is 10.3. The van der Waals surface area contributed by atoms with Crippen molar-refractivity contribution in [3.8, 4) is 17.3 Å². The highest BCUT2D eigenvalue weighted by atomic mass is 32.2. The summed E-state index contributed by atoms with van der Waals surface area (Å²) in [6, 6.07) is 6.46. The van der Waals surface area contributed by atoms with Crippen molar-refractivity contribution in [1.29, 1.82) is 5.26 Å². The standard InChI is InChI=1S/C16H17FN6S/c17-11-1-2-12(10(7-11)9-23-3-5-24-6-4-23)14-13(8-18)15(19)22-16(20)21-14/h1-2,7H,3-6,9H2,(H4,19,20,21,22). The van der Waals surface area contributed by atoms with Crippen LogP contribution < -0.4 is 11.5 Å². The van der Waals surface area contributed by atoms with E-state index in [1.807, 2.05) is 17.8 Å². The maximum Gasteiger partial charge on any atom is 0.222 e. The van der Waals surface area contributed by atoms with Gasteiger partial charge in [-0.25, -0.2) is 9.37 Å². The van der Waals surface area contributed by atoms with Crippen molar-refractivity contribution < 1.29 is 4.39 Å². The van der Waals surface area contributed by atoms with Crippen molar-refractivity contribution >= 4 is 23.5 Å². The number of rotatable bonds is 3. The molecule has 0 radical (unpaired) electrons. The van der Waals surface area contributed by atoms with Crippen LogP contribution in [-0.4, -0.2) is 39.5 Å². The van der Waals surface area contributed by atoms with E-state index in [1.165, 1.54) is 12.1 Å². The number of nitrogens with zero attached hydrogens (tertiary/aromatic N) is 4. The van der Waals surface area contributed by atoms with Gasteiger partial charge in [0, 0.05) is 36.7 Å². The maximum atomic E-state index is 13.8. The number of nitriles is 1. The molecule has 0 amide bonds. The molecule has 0 unspecified atom stereocenters. The van der Waals surface area contributed by atoms with Crippen molar-refractivity contribution in [2.24, 2.45) is 0 Å². The lowest BCUT2D eigenvalue weighted by Crippen LogP contribution is -2.32. The summed E-state index contributed by atoms with van der Waals surface area (Å²) in [5.41, 5.74) is 13.4. The molecule has 0 saturated carbocycles. The van der Waals surface area contributed by atoms with E-state index < -0.39 is 0 Å². The van der Waals surface area contributed by atoms with Gasteiger partial charge in [0.15, 0.2) is 0 Å². The zero-order valence-electron chi connectivity index (χ0n) is 13.0. The van der Waals surface area contributed by atoms with Crippen molar-refractivity contribution in [3.05, 3.63) is 35.1 Å². The SMILES string of the molecule is N#Cc1c(N)nc(N)nc1-c1ccc(F)cc1CN1CCSCC1. The third-order valence-electron chi connectivity index (χ3n) is 3.89. The first-order valence-electron chi connectivity index (χ1n) is 7.50. The lowest BCUT2D eigenvalue weighted by Gasteiger charge is -2.27. The van der Waals surface area contributed by atoms with Crippen LogP contribution >= 0.6 is 11.8 Å². The average molecular weight is 344 g/mol. The summed E-state index contributed by atoms with van der Waals surface area (Å²) in [5, 5.41) is 9.38. The summed E-state index contributed by atoms with van der Waals surface area (Å²) in [6.07, 6.45) is 0. The molecule has 4 N–H and O–H groups in total. The van der Waals surface area contributed by atoms with Crippen molar-refractivity contribution in [2.45, 2.75) is 6.54 Å². The fourth-order valence-electron chi connectivity index (χ4n) is 2.73. The molecule has 1 aromatic carbocycles. The maximum absolute atomic E-state index is 13.8. The predicted molar refractivity (Wildman–Crippen MR) is 93.6 cm³/mol. The number of aromatic nitrogens is 2. The van der Waals surface area contributed by atoms with Crippen molar-refractivity contribution in [3.63, 3.8) is 0 Å². The molecule has 24 heavy (non-hydrogen) atoms. The highest BCUT2D eigenvalue weighted by Gasteiger charge is 2.19. The molecule has 2 aromatic rings. The Morgan fingerprint density at radius 1 is 1.25 bits per heavy atom. The molecule has 0 aliphatic carbocycles. The van der Waals surface area contributed by atoms with Crippen LogP contribution in [-0.2, 0) is 6.54 Å². The Kier molecular flexibility index (Phi) is 4.83. The van der Waals surface area contributed by atoms with E-state index in [4.69, 9.17) is 11.5 Å². The molecule has 1 aliphatic heterocycles. The van der Waals surface area contributed by atoms with E-state index >= 15 is 0 Å². The molecule has 124 valence electrons. The van der Waals surface area contributed by atoms with Crippen LogP contribution in [0, 0.1) is 17.1 Å². The first-order chi connectivity index (χ1) is 11.6. The molecule has 0 atom stereocenters. The third kappa shape index (κ3) is 3.42. The zero-order valence-corrected chi connectivity index (χ0v) is 13.8. The van der Waals surface area contributed by atoms with Crippen LogP contribution in [0.5, 0.6) is 0 Å². The number of benzene rings is 1. The monoisotopic (exact) mass is 344 g/mol. The van der Waals surface area contributed by atoms with Gasteiger partial charge in [0.1, 0.15) is 23.3 Å². The van der Waals surface area contributed by atoms with E-state index in [9.17, 15) is 9.65 Å². The average Bonchev–Trinajstić information content (AvgIpc) is 2.55. The molecule has 2 heterocycles. The molecule has 1 saturated heterocycles. The first kappa shape index (κ1) is 16.5. The van der Waals surface area contributed by atoms with Gasteiger partial charge in [-0.3, -0.25) is 4.90 Å². The Morgan fingerprint density at radius 3 is 2.71 bits per heavy atom. The number of nitrogens with two attached hydrogens (primary N) is 2. The van der Waals surface area contributed by atoms with Gasteiger partial charge >= 0.3 is 0 Å². The highest BCUT2D eigenvalue weighted by Crippen LogP contribution is 2.30. The van der Waals surface area contributed by atoms with Crippen LogP contribution in [0.15, 0.2) is 18.2 Å². The second kappa shape index (κ2) is 7.03. The topological polar surface area (TPSA) is 105 Å². The fourth-order valence-corrected chi connectivity index (χ4v) is 3.70. The van der Waals surface area contributed by atoms with Crippen molar-refractivity contribution in [1.82, 2.24) is 14.9 Å². The summed E-state index contributed by atoms with van der Waals surface area (Å²) in [5.74, 6) is 1.81. The van der Waals surface area contributed by atoms with Crippen molar-refractivity contribution in [2.75, 3.05) is 36.1 Å². The van der Waals surface area contributed by atoms with Gasteiger partial charge in [-0.2, -0.15) is 22.0 Å². The number of hydrogen-bond donors (Lipinski definition) is 2. The van der Waals surface area contributed by atoms with Gasteiger partial charge in [0.05, 0.1) is 5.69 Å². The van der Waals surface area contributed by atoms with E-state index in [0.29, 0.717) is 17.8 Å². The molecule has 1 aromatic heterocycles. The Labute approximate surface area is 143 Å². The van der Waals surface area contributed by atoms with Crippen LogP contribution in [0.25, 0.3) is 11.3 Å². The van der Waals surface area contributed by atoms with Crippen LogP contribution in [0.2, 0.25) is 0 Å². The molecule has 0 spiro atoms. The molecule has 1 fully saturated rings. The van der Waals surface area contributed by atoms with Gasteiger partial charge < -0.3 is 11.5 Å². The molecule has 6 nitrogen and oxygen atoms in total. The number of hydrogen-bond acceptors (Lipinski definition) is 7. The van der Waals surface area contributed by atoms with Gasteiger partial charge in [0.25, 0.3) is 0 Å². The Bertz CT molecular complexity index is 798. The molecule has 0 bridgehead atoms. The highest BCUT2D eigenvalue weighted by molar-refractivity contribution is 7.99. The van der Waals surface area contributed by atoms with Gasteiger partial charge in [-0.1, -0.05) is 0 Å². The molecular weight excluding hydrogens is 327 g/mol. The smallest absolute Gasteiger partial charge is 0.222 e. The zero-order chi connectivity index (χ0) is 17.1. The predicted octanol–water partition coefficient (Wildman–Crippen LogP) is 1.87. The minimum absolute atomic E-state index is 0.00820. The third-order valence-corrected chi connectivity index (χ3v) is 4.83. The summed E-state index contributed by atoms with van der Waals surface area (Å²) < 4.78 is 13.8. The number of nitrogen functional groups attached to an aromatic ring is 2. The molecule has 1 aliphatic rings. The summed E-state index contributed by atoms with van der Waals surface area (Å²) in [6.45, 7) is 2.47. The van der Waals surface area contributed by atoms with Gasteiger partial charge in [-0.15, -0.1) is 0 Å². The van der Waals surface area contributed by atoms with E-state index in [-0.39, 0.29) is 23.1 Å². The lowest BCUT2D eigenvalue weighted by molar-refractivity contribution is 0.294. The fraction of sp³-hybridized carbons (Fsp3) is 0.312. The molecular formula is C16H17FN6S. The largest absolute Gasteiger partial charge is 0.382 e. The molecule has 3 rings (SSSR count). The van der Waals surface area contributed by atoms with E-state index in [0.717, 1.165) is 30.2 Å². The Morgan fingerprint density at radius 2 is 2.00 bits per heavy atom. The van der Waals surface area contributed by atoms with Crippen LogP contribution in [0.3, 0.4) is 0 Å². The normalized spacial score (nSPS) is 15.2. The summed E-state index contributed by atoms with van der Waals surface area (Å²) in [7, 11) is 0. The Balaban J connectivity index is 2.07. The minimum atomic E-state index is -0.325. The number of halogens is 1. The summed E-state index contributed by atoms with van der Waals surface area (Å²) >= 11 is 1.91. The van der Waals surface area contributed by atoms with Crippen LogP contribution in [0.1, 0.15) is 11.1 Å². The lowest BCUT2D eigenvalue weighted by atomic mass is 10.00. The van der Waals surface area contributed by atoms with Gasteiger partial charge in [-0.05, 0) is 23.8 Å².